The van der Waals surface area contributed by atoms with Gasteiger partial charge in [0.2, 0.25) is 0 Å². The second-order valence-corrected chi connectivity index (χ2v) is 4.88. The fourth-order valence-corrected chi connectivity index (χ4v) is 1.47. The number of hydrogen-bond acceptors (Lipinski definition) is 6. The summed E-state index contributed by atoms with van der Waals surface area (Å²) in [7, 11) is 3.42. The van der Waals surface area contributed by atoms with E-state index in [2.05, 4.69) is 15.0 Å². The first-order valence-corrected chi connectivity index (χ1v) is 6.70. The molecule has 2 aromatic rings. The van der Waals surface area contributed by atoms with E-state index in [1.165, 1.54) is 18.5 Å². The van der Waals surface area contributed by atoms with Crippen LogP contribution in [0.2, 0.25) is 5.02 Å². The van der Waals surface area contributed by atoms with Crippen molar-refractivity contribution in [3.8, 4) is 11.8 Å². The molecule has 0 fully saturated rings. The van der Waals surface area contributed by atoms with E-state index in [1.807, 2.05) is 0 Å². The zero-order valence-electron chi connectivity index (χ0n) is 12.2. The van der Waals surface area contributed by atoms with Crippen LogP contribution in [0.25, 0.3) is 0 Å². The van der Waals surface area contributed by atoms with Crippen molar-refractivity contribution in [1.82, 2.24) is 14.9 Å². The van der Waals surface area contributed by atoms with Crippen molar-refractivity contribution in [2.75, 3.05) is 14.1 Å². The van der Waals surface area contributed by atoms with Crippen molar-refractivity contribution in [2.45, 2.75) is 0 Å². The van der Waals surface area contributed by atoms with E-state index in [0.717, 1.165) is 6.20 Å². The molecular weight excluding hydrogens is 327 g/mol. The van der Waals surface area contributed by atoms with E-state index in [0.29, 0.717) is 5.02 Å². The molecule has 0 spiro atoms. The average molecular weight is 339 g/mol. The van der Waals surface area contributed by atoms with Gasteiger partial charge in [-0.25, -0.2) is 19.2 Å². The molecular formula is C14H12ClFN4O3. The molecule has 0 saturated carbocycles. The second kappa shape index (κ2) is 7.50. The molecule has 0 amide bonds. The summed E-state index contributed by atoms with van der Waals surface area (Å²) in [5, 5.41) is 0.496. The Bertz CT molecular complexity index is 722. The van der Waals surface area contributed by atoms with Gasteiger partial charge in [-0.05, 0) is 24.3 Å². The maximum Gasteiger partial charge on any atom is 0.521 e. The van der Waals surface area contributed by atoms with E-state index in [-0.39, 0.29) is 17.6 Å². The van der Waals surface area contributed by atoms with Crippen LogP contribution < -0.4 is 9.47 Å². The van der Waals surface area contributed by atoms with Gasteiger partial charge < -0.3 is 14.4 Å². The molecule has 120 valence electrons. The Morgan fingerprint density at radius 1 is 1.30 bits per heavy atom. The van der Waals surface area contributed by atoms with Crippen LogP contribution in [0.1, 0.15) is 0 Å². The summed E-state index contributed by atoms with van der Waals surface area (Å²) in [6, 6.07) is 5.69. The van der Waals surface area contributed by atoms with E-state index in [4.69, 9.17) is 21.1 Å². The van der Waals surface area contributed by atoms with Crippen LogP contribution in [-0.4, -0.2) is 41.5 Å². The highest BCUT2D eigenvalue weighted by Crippen LogP contribution is 2.18. The first-order valence-electron chi connectivity index (χ1n) is 6.32. The number of aromatic nitrogens is 2. The highest BCUT2D eigenvalue weighted by Gasteiger charge is 2.13. The van der Waals surface area contributed by atoms with Crippen LogP contribution in [0.5, 0.6) is 11.8 Å². The number of nitrogens with zero attached hydrogens (tertiary/aromatic N) is 4. The molecule has 0 radical (unpaired) electrons. The Kier molecular flexibility index (Phi) is 5.42. The standard InChI is InChI=1S/C14H12ClFN4O3/c1-20(2)8-18-12-11(16)7-17-13(19-12)23-14(21)22-10-5-3-9(15)4-6-10/h3-8H,1-2H3. The Balaban J connectivity index is 2.05. The minimum atomic E-state index is -1.07. The van der Waals surface area contributed by atoms with Gasteiger partial charge in [-0.15, -0.1) is 0 Å². The van der Waals surface area contributed by atoms with Crippen LogP contribution in [-0.2, 0) is 0 Å². The number of carbonyl (C=O) groups is 1. The molecule has 0 bridgehead atoms. The van der Waals surface area contributed by atoms with Crippen molar-refractivity contribution in [3.05, 3.63) is 41.3 Å². The molecule has 2 rings (SSSR count). The molecule has 0 N–H and O–H groups in total. The fraction of sp³-hybridized carbons (Fsp3) is 0.143. The number of halogens is 2. The van der Waals surface area contributed by atoms with E-state index in [9.17, 15) is 9.18 Å². The summed E-state index contributed by atoms with van der Waals surface area (Å²) in [6.07, 6.45) is 1.13. The van der Waals surface area contributed by atoms with Crippen molar-refractivity contribution < 1.29 is 18.7 Å². The normalized spacial score (nSPS) is 10.6. The first-order chi connectivity index (χ1) is 10.9. The molecule has 0 saturated heterocycles. The number of hydrogen-bond donors (Lipinski definition) is 0. The lowest BCUT2D eigenvalue weighted by Gasteiger charge is -2.05. The van der Waals surface area contributed by atoms with Gasteiger partial charge in [0, 0.05) is 19.1 Å². The number of benzene rings is 1. The van der Waals surface area contributed by atoms with E-state index in [1.54, 1.807) is 31.1 Å². The summed E-state index contributed by atoms with van der Waals surface area (Å²) < 4.78 is 23.2. The Morgan fingerprint density at radius 2 is 2.00 bits per heavy atom. The molecule has 0 aliphatic rings. The molecule has 0 aliphatic heterocycles. The number of ether oxygens (including phenoxy) is 2. The Labute approximate surface area is 136 Å². The lowest BCUT2D eigenvalue weighted by atomic mass is 10.3. The minimum Gasteiger partial charge on any atom is -0.395 e. The third kappa shape index (κ3) is 5.19. The average Bonchev–Trinajstić information content (AvgIpc) is 2.50. The van der Waals surface area contributed by atoms with Gasteiger partial charge in [0.05, 0.1) is 12.5 Å². The first kappa shape index (κ1) is 16.6. The lowest BCUT2D eigenvalue weighted by Crippen LogP contribution is -2.15. The molecule has 1 aromatic carbocycles. The van der Waals surface area contributed by atoms with Crippen molar-refractivity contribution in [3.63, 3.8) is 0 Å². The number of carbonyl (C=O) groups excluding carboxylic acids is 1. The summed E-state index contributed by atoms with van der Waals surface area (Å²) in [6.45, 7) is 0. The van der Waals surface area contributed by atoms with Gasteiger partial charge in [0.15, 0.2) is 11.6 Å². The summed E-state index contributed by atoms with van der Waals surface area (Å²) in [4.78, 5) is 24.2. The summed E-state index contributed by atoms with van der Waals surface area (Å²) in [5.41, 5.74) is 0. The monoisotopic (exact) mass is 338 g/mol. The second-order valence-electron chi connectivity index (χ2n) is 4.44. The predicted octanol–water partition coefficient (Wildman–Crippen LogP) is 3.07. The zero-order valence-corrected chi connectivity index (χ0v) is 13.0. The van der Waals surface area contributed by atoms with Gasteiger partial charge in [0.1, 0.15) is 5.75 Å². The molecule has 0 atom stereocenters. The Hall–Kier alpha value is -2.74. The minimum absolute atomic E-state index is 0.229. The van der Waals surface area contributed by atoms with Gasteiger partial charge in [-0.1, -0.05) is 11.6 Å². The smallest absolute Gasteiger partial charge is 0.395 e. The van der Waals surface area contributed by atoms with Gasteiger partial charge in [0.25, 0.3) is 0 Å². The third-order valence-corrected chi connectivity index (χ3v) is 2.56. The highest BCUT2D eigenvalue weighted by molar-refractivity contribution is 6.30. The number of aliphatic imine (C=N–C) groups is 1. The molecule has 0 aliphatic carbocycles. The van der Waals surface area contributed by atoms with E-state index < -0.39 is 12.0 Å². The van der Waals surface area contributed by atoms with Gasteiger partial charge in [-0.3, -0.25) is 0 Å². The molecule has 9 heteroatoms. The molecule has 1 heterocycles. The molecule has 1 aromatic heterocycles. The van der Waals surface area contributed by atoms with Gasteiger partial charge >= 0.3 is 12.2 Å². The predicted molar refractivity (Wildman–Crippen MR) is 81.9 cm³/mol. The Morgan fingerprint density at radius 3 is 2.65 bits per heavy atom. The van der Waals surface area contributed by atoms with Crippen LogP contribution in [0.3, 0.4) is 0 Å². The van der Waals surface area contributed by atoms with Crippen molar-refractivity contribution in [2.24, 2.45) is 4.99 Å². The molecule has 7 nitrogen and oxygen atoms in total. The maximum absolute atomic E-state index is 13.5. The fourth-order valence-electron chi connectivity index (χ4n) is 1.35. The zero-order chi connectivity index (χ0) is 16.8. The lowest BCUT2D eigenvalue weighted by molar-refractivity contribution is 0.147. The summed E-state index contributed by atoms with van der Waals surface area (Å²) in [5.74, 6) is -0.781. The SMILES string of the molecule is CN(C)C=Nc1nc(OC(=O)Oc2ccc(Cl)cc2)ncc1F. The van der Waals surface area contributed by atoms with E-state index >= 15 is 0 Å². The van der Waals surface area contributed by atoms with Gasteiger partial charge in [-0.2, -0.15) is 4.98 Å². The summed E-state index contributed by atoms with van der Waals surface area (Å²) >= 11 is 5.72. The van der Waals surface area contributed by atoms with Crippen molar-refractivity contribution in [1.29, 1.82) is 0 Å². The quantitative estimate of drug-likeness (QED) is 0.369. The molecule has 23 heavy (non-hydrogen) atoms. The van der Waals surface area contributed by atoms with Crippen LogP contribution in [0, 0.1) is 5.82 Å². The topological polar surface area (TPSA) is 76.9 Å². The molecule has 0 unspecified atom stereocenters. The van der Waals surface area contributed by atoms with Crippen LogP contribution >= 0.6 is 11.6 Å². The highest BCUT2D eigenvalue weighted by atomic mass is 35.5. The third-order valence-electron chi connectivity index (χ3n) is 2.30. The number of rotatable bonds is 4. The largest absolute Gasteiger partial charge is 0.521 e. The maximum atomic E-state index is 13.5. The van der Waals surface area contributed by atoms with Crippen molar-refractivity contribution >= 4 is 29.9 Å². The van der Waals surface area contributed by atoms with Crippen LogP contribution in [0.4, 0.5) is 15.0 Å². The van der Waals surface area contributed by atoms with Crippen LogP contribution in [0.15, 0.2) is 35.5 Å².